The second-order valence-corrected chi connectivity index (χ2v) is 5.41. The third kappa shape index (κ3) is 2.66. The highest BCUT2D eigenvalue weighted by Gasteiger charge is 2.18. The van der Waals surface area contributed by atoms with Gasteiger partial charge in [-0.15, -0.1) is 0 Å². The summed E-state index contributed by atoms with van der Waals surface area (Å²) in [5.41, 5.74) is 3.24. The third-order valence-corrected chi connectivity index (χ3v) is 3.83. The smallest absolute Gasteiger partial charge is 0.255 e. The Morgan fingerprint density at radius 2 is 2.00 bits per heavy atom. The Balaban J connectivity index is 2.79. The van der Waals surface area contributed by atoms with Gasteiger partial charge in [0.05, 0.1) is 18.4 Å². The van der Waals surface area contributed by atoms with Crippen LogP contribution in [0, 0.1) is 6.92 Å². The molecule has 0 aliphatic heterocycles. The van der Waals surface area contributed by atoms with Crippen LogP contribution in [0.15, 0.2) is 23.0 Å². The van der Waals surface area contributed by atoms with Gasteiger partial charge in [0, 0.05) is 37.0 Å². The number of aromatic nitrogens is 1. The molecule has 1 aromatic heterocycles. The molecule has 118 valence electrons. The first-order valence-electron chi connectivity index (χ1n) is 7.21. The fraction of sp³-hybridized carbons (Fsp3) is 0.353. The van der Waals surface area contributed by atoms with E-state index in [0.29, 0.717) is 17.7 Å². The van der Waals surface area contributed by atoms with Gasteiger partial charge in [-0.05, 0) is 25.5 Å². The average molecular weight is 302 g/mol. The summed E-state index contributed by atoms with van der Waals surface area (Å²) in [7, 11) is 5.47. The number of hydrogen-bond acceptors (Lipinski definition) is 4. The molecule has 0 spiro atoms. The first kappa shape index (κ1) is 15.9. The van der Waals surface area contributed by atoms with Crippen molar-refractivity contribution in [2.45, 2.75) is 20.3 Å². The van der Waals surface area contributed by atoms with E-state index in [-0.39, 0.29) is 11.3 Å². The maximum absolute atomic E-state index is 12.1. The minimum Gasteiger partial charge on any atom is -0.507 e. The summed E-state index contributed by atoms with van der Waals surface area (Å²) in [5.74, 6) is 0.811. The standard InChI is InChI=1S/C17H22N2O3/c1-6-12-15(18-17(21)10(2)16(12)20)13-8-7-11(22-5)9-14(13)19(3)4/h7-9H,6H2,1-5H3,(H2,18,20,21). The van der Waals surface area contributed by atoms with Gasteiger partial charge in [0.15, 0.2) is 0 Å². The molecule has 0 saturated carbocycles. The molecule has 0 fully saturated rings. The van der Waals surface area contributed by atoms with Gasteiger partial charge in [0.25, 0.3) is 5.56 Å². The van der Waals surface area contributed by atoms with Gasteiger partial charge in [-0.2, -0.15) is 0 Å². The Bertz CT molecular complexity index is 748. The average Bonchev–Trinajstić information content (AvgIpc) is 2.51. The lowest BCUT2D eigenvalue weighted by molar-refractivity contribution is 0.415. The number of ether oxygens (including phenoxy) is 1. The number of methoxy groups -OCH3 is 1. The normalized spacial score (nSPS) is 10.6. The minimum absolute atomic E-state index is 0.0711. The number of pyridine rings is 1. The zero-order valence-electron chi connectivity index (χ0n) is 13.7. The van der Waals surface area contributed by atoms with E-state index in [4.69, 9.17) is 4.74 Å². The first-order chi connectivity index (χ1) is 10.4. The Hall–Kier alpha value is -2.43. The molecule has 0 atom stereocenters. The number of H-pyrrole nitrogens is 1. The largest absolute Gasteiger partial charge is 0.507 e. The third-order valence-electron chi connectivity index (χ3n) is 3.83. The number of aromatic hydroxyl groups is 1. The number of rotatable bonds is 4. The van der Waals surface area contributed by atoms with Gasteiger partial charge < -0.3 is 19.7 Å². The highest BCUT2D eigenvalue weighted by molar-refractivity contribution is 5.80. The first-order valence-corrected chi connectivity index (χ1v) is 7.21. The lowest BCUT2D eigenvalue weighted by atomic mass is 9.99. The van der Waals surface area contributed by atoms with Crippen molar-refractivity contribution in [3.05, 3.63) is 39.7 Å². The quantitative estimate of drug-likeness (QED) is 0.911. The van der Waals surface area contributed by atoms with Crippen LogP contribution >= 0.6 is 0 Å². The van der Waals surface area contributed by atoms with Crippen LogP contribution in [0.2, 0.25) is 0 Å². The summed E-state index contributed by atoms with van der Waals surface area (Å²) < 4.78 is 5.27. The van der Waals surface area contributed by atoms with Crippen LogP contribution in [-0.2, 0) is 6.42 Å². The summed E-state index contributed by atoms with van der Waals surface area (Å²) >= 11 is 0. The fourth-order valence-corrected chi connectivity index (χ4v) is 2.53. The van der Waals surface area contributed by atoms with Gasteiger partial charge in [0.1, 0.15) is 11.5 Å². The molecule has 0 aliphatic carbocycles. The monoisotopic (exact) mass is 302 g/mol. The number of nitrogens with one attached hydrogen (secondary N) is 1. The van der Waals surface area contributed by atoms with Gasteiger partial charge in [-0.3, -0.25) is 4.79 Å². The number of benzene rings is 1. The molecular formula is C17H22N2O3. The molecule has 0 unspecified atom stereocenters. The lowest BCUT2D eigenvalue weighted by Gasteiger charge is -2.20. The Kier molecular flexibility index (Phi) is 4.45. The maximum Gasteiger partial charge on any atom is 0.255 e. The molecule has 0 aliphatic rings. The van der Waals surface area contributed by atoms with Gasteiger partial charge in [-0.25, -0.2) is 0 Å². The maximum atomic E-state index is 12.1. The van der Waals surface area contributed by atoms with Crippen LogP contribution in [0.1, 0.15) is 18.1 Å². The Morgan fingerprint density at radius 1 is 1.32 bits per heavy atom. The molecule has 0 amide bonds. The SMILES string of the molecule is CCc1c(-c2ccc(OC)cc2N(C)C)[nH]c(=O)c(C)c1O. The molecule has 1 aromatic carbocycles. The van der Waals surface area contributed by atoms with Gasteiger partial charge in [-0.1, -0.05) is 6.92 Å². The molecule has 5 nitrogen and oxygen atoms in total. The summed E-state index contributed by atoms with van der Waals surface area (Å²) in [5, 5.41) is 10.3. The summed E-state index contributed by atoms with van der Waals surface area (Å²) in [6.45, 7) is 3.58. The van der Waals surface area contributed by atoms with Crippen molar-refractivity contribution < 1.29 is 9.84 Å². The van der Waals surface area contributed by atoms with Crippen molar-refractivity contribution in [1.82, 2.24) is 4.98 Å². The molecule has 2 aromatic rings. The molecule has 2 rings (SSSR count). The van der Waals surface area contributed by atoms with Crippen molar-refractivity contribution in [2.24, 2.45) is 0 Å². The van der Waals surface area contributed by atoms with Crippen molar-refractivity contribution >= 4 is 5.69 Å². The molecule has 0 radical (unpaired) electrons. The van der Waals surface area contributed by atoms with Crippen LogP contribution in [0.4, 0.5) is 5.69 Å². The number of hydrogen-bond donors (Lipinski definition) is 2. The fourth-order valence-electron chi connectivity index (χ4n) is 2.53. The van der Waals surface area contributed by atoms with Gasteiger partial charge >= 0.3 is 0 Å². The molecule has 0 saturated heterocycles. The van der Waals surface area contributed by atoms with Crippen molar-refractivity contribution in [2.75, 3.05) is 26.1 Å². The minimum atomic E-state index is -0.273. The zero-order chi connectivity index (χ0) is 16.4. The second kappa shape index (κ2) is 6.13. The molecule has 0 bridgehead atoms. The number of aromatic amines is 1. The predicted molar refractivity (Wildman–Crippen MR) is 89.2 cm³/mol. The second-order valence-electron chi connectivity index (χ2n) is 5.41. The molecule has 1 heterocycles. The van der Waals surface area contributed by atoms with E-state index in [0.717, 1.165) is 22.6 Å². The lowest BCUT2D eigenvalue weighted by Crippen LogP contribution is -2.15. The van der Waals surface area contributed by atoms with Crippen LogP contribution in [0.25, 0.3) is 11.3 Å². The van der Waals surface area contributed by atoms with Crippen molar-refractivity contribution in [3.8, 4) is 22.8 Å². The van der Waals surface area contributed by atoms with Crippen LogP contribution in [0.5, 0.6) is 11.5 Å². The number of nitrogens with zero attached hydrogens (tertiary/aromatic N) is 1. The molecule has 22 heavy (non-hydrogen) atoms. The Morgan fingerprint density at radius 3 is 2.55 bits per heavy atom. The highest BCUT2D eigenvalue weighted by atomic mass is 16.5. The van der Waals surface area contributed by atoms with Crippen molar-refractivity contribution in [1.29, 1.82) is 0 Å². The van der Waals surface area contributed by atoms with Crippen LogP contribution in [-0.4, -0.2) is 31.3 Å². The summed E-state index contributed by atoms with van der Waals surface area (Å²) in [6.07, 6.45) is 0.623. The molecular weight excluding hydrogens is 280 g/mol. The van der Waals surface area contributed by atoms with E-state index in [9.17, 15) is 9.90 Å². The Labute approximate surface area is 130 Å². The van der Waals surface area contributed by atoms with E-state index < -0.39 is 0 Å². The molecule has 2 N–H and O–H groups in total. The predicted octanol–water partition coefficient (Wildman–Crippen LogP) is 2.69. The van der Waals surface area contributed by atoms with Gasteiger partial charge in [0.2, 0.25) is 0 Å². The van der Waals surface area contributed by atoms with Crippen LogP contribution in [0.3, 0.4) is 0 Å². The zero-order valence-corrected chi connectivity index (χ0v) is 13.7. The highest BCUT2D eigenvalue weighted by Crippen LogP contribution is 2.36. The van der Waals surface area contributed by atoms with Crippen LogP contribution < -0.4 is 15.2 Å². The topological polar surface area (TPSA) is 65.6 Å². The van der Waals surface area contributed by atoms with E-state index in [2.05, 4.69) is 4.98 Å². The molecule has 5 heteroatoms. The van der Waals surface area contributed by atoms with E-state index >= 15 is 0 Å². The number of anilines is 1. The van der Waals surface area contributed by atoms with Crippen molar-refractivity contribution in [3.63, 3.8) is 0 Å². The van der Waals surface area contributed by atoms with E-state index in [1.807, 2.05) is 44.1 Å². The summed E-state index contributed by atoms with van der Waals surface area (Å²) in [4.78, 5) is 16.9. The van der Waals surface area contributed by atoms with E-state index in [1.54, 1.807) is 14.0 Å². The van der Waals surface area contributed by atoms with E-state index in [1.165, 1.54) is 0 Å². The summed E-state index contributed by atoms with van der Waals surface area (Å²) in [6, 6.07) is 5.65.